The maximum Gasteiger partial charge on any atom is 0.143 e. The normalized spacial score (nSPS) is 15.9. The summed E-state index contributed by atoms with van der Waals surface area (Å²) in [7, 11) is 0. The molecule has 0 bridgehead atoms. The predicted octanol–water partition coefficient (Wildman–Crippen LogP) is 17.2. The fourth-order valence-corrected chi connectivity index (χ4v) is 11.7. The van der Waals surface area contributed by atoms with Gasteiger partial charge in [0.2, 0.25) is 0 Å². The van der Waals surface area contributed by atoms with Gasteiger partial charge in [0.05, 0.1) is 0 Å². The van der Waals surface area contributed by atoms with E-state index in [1.54, 1.807) is 0 Å². The lowest BCUT2D eigenvalue weighted by molar-refractivity contribution is 0.419. The highest BCUT2D eigenvalue weighted by molar-refractivity contribution is 6.22. The Kier molecular flexibility index (Phi) is 7.04. The van der Waals surface area contributed by atoms with E-state index in [2.05, 4.69) is 190 Å². The molecule has 10 aromatic carbocycles. The summed E-state index contributed by atoms with van der Waals surface area (Å²) in [5, 5.41) is 14.5. The fraction of sp³-hybridized carbons (Fsp3) is 0.0820. The van der Waals surface area contributed by atoms with E-state index < -0.39 is 0 Å². The highest BCUT2D eigenvalue weighted by atomic mass is 16.3. The molecule has 2 aliphatic rings. The van der Waals surface area contributed by atoms with Gasteiger partial charge in [-0.25, -0.2) is 0 Å². The van der Waals surface area contributed by atoms with Crippen LogP contribution in [0.5, 0.6) is 0 Å². The van der Waals surface area contributed by atoms with Crippen LogP contribution < -0.4 is 0 Å². The van der Waals surface area contributed by atoms with Crippen LogP contribution in [0.15, 0.2) is 197 Å². The van der Waals surface area contributed by atoms with E-state index in [1.807, 2.05) is 12.1 Å². The maximum atomic E-state index is 6.64. The Morgan fingerprint density at radius 1 is 0.413 bits per heavy atom. The third kappa shape index (κ3) is 4.89. The Morgan fingerprint density at radius 3 is 1.87 bits per heavy atom. The van der Waals surface area contributed by atoms with Crippen molar-refractivity contribution >= 4 is 98.1 Å². The molecule has 0 amide bonds. The van der Waals surface area contributed by atoms with Crippen LogP contribution in [0.25, 0.3) is 120 Å². The van der Waals surface area contributed by atoms with Crippen molar-refractivity contribution in [1.82, 2.24) is 0 Å². The first-order chi connectivity index (χ1) is 31.0. The molecule has 14 rings (SSSR count). The van der Waals surface area contributed by atoms with Crippen molar-refractivity contribution in [3.05, 3.63) is 205 Å². The SMILES string of the molecule is CC1(C)c2cc(-c3ccc4oc5c6cc7oc8ccccc8c7cc6ccc5c4c3)ccc2C2=CC=C(c3c4ccccc4c(-c4cccc5ccccc45)c4ccccc34)CC21. The van der Waals surface area contributed by atoms with Gasteiger partial charge in [0.15, 0.2) is 0 Å². The first kappa shape index (κ1) is 35.0. The predicted molar refractivity (Wildman–Crippen MR) is 265 cm³/mol. The van der Waals surface area contributed by atoms with Gasteiger partial charge in [-0.15, -0.1) is 0 Å². The van der Waals surface area contributed by atoms with E-state index in [1.165, 1.54) is 82.4 Å². The van der Waals surface area contributed by atoms with Crippen LogP contribution in [0.2, 0.25) is 0 Å². The number of hydrogen-bond donors (Lipinski definition) is 0. The number of benzene rings is 10. The molecule has 296 valence electrons. The average molecular weight is 805 g/mol. The summed E-state index contributed by atoms with van der Waals surface area (Å²) in [4.78, 5) is 0. The second-order valence-electron chi connectivity index (χ2n) is 18.3. The van der Waals surface area contributed by atoms with Crippen LogP contribution in [-0.2, 0) is 5.41 Å². The molecule has 2 nitrogen and oxygen atoms in total. The number of rotatable bonds is 3. The molecule has 63 heavy (non-hydrogen) atoms. The van der Waals surface area contributed by atoms with E-state index >= 15 is 0 Å². The summed E-state index contributed by atoms with van der Waals surface area (Å²) in [6, 6.07) is 64.6. The summed E-state index contributed by atoms with van der Waals surface area (Å²) in [5.74, 6) is 0.352. The summed E-state index contributed by atoms with van der Waals surface area (Å²) in [5.41, 5.74) is 15.6. The molecule has 2 heteroatoms. The van der Waals surface area contributed by atoms with E-state index in [0.29, 0.717) is 5.92 Å². The Labute approximate surface area is 364 Å². The molecule has 0 radical (unpaired) electrons. The highest BCUT2D eigenvalue weighted by Crippen LogP contribution is 2.57. The van der Waals surface area contributed by atoms with Crippen molar-refractivity contribution in [1.29, 1.82) is 0 Å². The number of para-hydroxylation sites is 1. The molecule has 0 fully saturated rings. The minimum Gasteiger partial charge on any atom is -0.456 e. The van der Waals surface area contributed by atoms with E-state index in [4.69, 9.17) is 8.83 Å². The molecular weight excluding hydrogens is 765 g/mol. The molecular formula is C61H40O2. The third-order valence-corrected chi connectivity index (χ3v) is 14.8. The van der Waals surface area contributed by atoms with Gasteiger partial charge in [0.1, 0.15) is 22.3 Å². The highest BCUT2D eigenvalue weighted by Gasteiger charge is 2.44. The monoisotopic (exact) mass is 804 g/mol. The van der Waals surface area contributed by atoms with Crippen molar-refractivity contribution < 1.29 is 8.83 Å². The fourth-order valence-electron chi connectivity index (χ4n) is 11.7. The third-order valence-electron chi connectivity index (χ3n) is 14.8. The smallest absolute Gasteiger partial charge is 0.143 e. The molecule has 0 spiro atoms. The van der Waals surface area contributed by atoms with Crippen molar-refractivity contribution in [3.63, 3.8) is 0 Å². The lowest BCUT2D eigenvalue weighted by atomic mass is 9.71. The quantitative estimate of drug-likeness (QED) is 0.166. The van der Waals surface area contributed by atoms with E-state index in [9.17, 15) is 0 Å². The lowest BCUT2D eigenvalue weighted by Crippen LogP contribution is -2.25. The van der Waals surface area contributed by atoms with Crippen molar-refractivity contribution in [3.8, 4) is 22.3 Å². The molecule has 1 atom stereocenters. The maximum absolute atomic E-state index is 6.64. The van der Waals surface area contributed by atoms with Gasteiger partial charge in [-0.05, 0) is 148 Å². The molecule has 1 unspecified atom stereocenters. The van der Waals surface area contributed by atoms with Crippen LogP contribution in [-0.4, -0.2) is 0 Å². The van der Waals surface area contributed by atoms with Crippen LogP contribution in [0.4, 0.5) is 0 Å². The van der Waals surface area contributed by atoms with Gasteiger partial charge < -0.3 is 8.83 Å². The Balaban J connectivity index is 0.863. The van der Waals surface area contributed by atoms with Gasteiger partial charge >= 0.3 is 0 Å². The second kappa shape index (κ2) is 12.7. The molecule has 2 heterocycles. The minimum atomic E-state index is -0.0709. The van der Waals surface area contributed by atoms with Gasteiger partial charge in [-0.3, -0.25) is 0 Å². The lowest BCUT2D eigenvalue weighted by Gasteiger charge is -2.32. The Morgan fingerprint density at radius 2 is 1.06 bits per heavy atom. The summed E-state index contributed by atoms with van der Waals surface area (Å²) in [6.45, 7) is 4.92. The van der Waals surface area contributed by atoms with Crippen LogP contribution >= 0.6 is 0 Å². The molecule has 2 aliphatic carbocycles. The van der Waals surface area contributed by atoms with Crippen molar-refractivity contribution in [2.75, 3.05) is 0 Å². The van der Waals surface area contributed by atoms with Gasteiger partial charge in [0.25, 0.3) is 0 Å². The Bertz CT molecular complexity index is 3970. The molecule has 0 saturated heterocycles. The van der Waals surface area contributed by atoms with E-state index in [0.717, 1.165) is 61.1 Å². The number of allylic oxidation sites excluding steroid dienone is 4. The summed E-state index contributed by atoms with van der Waals surface area (Å²) >= 11 is 0. The zero-order valence-corrected chi connectivity index (χ0v) is 35.0. The molecule has 0 aliphatic heterocycles. The summed E-state index contributed by atoms with van der Waals surface area (Å²) in [6.07, 6.45) is 5.84. The van der Waals surface area contributed by atoms with Crippen molar-refractivity contribution in [2.24, 2.45) is 5.92 Å². The largest absolute Gasteiger partial charge is 0.456 e. The van der Waals surface area contributed by atoms with Crippen LogP contribution in [0.1, 0.15) is 37.0 Å². The molecule has 0 N–H and O–H groups in total. The first-order valence-electron chi connectivity index (χ1n) is 22.2. The molecule has 2 aromatic heterocycles. The number of furan rings is 2. The molecule has 0 saturated carbocycles. The average Bonchev–Trinajstić information content (AvgIpc) is 3.96. The summed E-state index contributed by atoms with van der Waals surface area (Å²) < 4.78 is 12.9. The topological polar surface area (TPSA) is 26.3 Å². The zero-order chi connectivity index (χ0) is 41.6. The Hall–Kier alpha value is -7.68. The number of hydrogen-bond acceptors (Lipinski definition) is 2. The van der Waals surface area contributed by atoms with Crippen LogP contribution in [0, 0.1) is 5.92 Å². The van der Waals surface area contributed by atoms with Gasteiger partial charge in [-0.1, -0.05) is 159 Å². The van der Waals surface area contributed by atoms with E-state index in [-0.39, 0.29) is 5.41 Å². The standard InChI is InChI=1S/C61H40O2/c1-61(2)53-32-37(36-25-29-56-52(30-36)49-28-23-38-31-51-43-15-9-10-21-55(43)62-57(51)34-50(38)60(49)63-56)22-26-41(53)42-27-24-39(33-54(42)61)58-45-16-5-7-18-47(45)59(48-19-8-6-17-46(48)58)44-20-11-13-35-12-3-4-14-40(35)44/h3-32,34,54H,33H2,1-2H3. The zero-order valence-electron chi connectivity index (χ0n) is 35.0. The first-order valence-corrected chi connectivity index (χ1v) is 22.2. The van der Waals surface area contributed by atoms with Gasteiger partial charge in [-0.2, -0.15) is 0 Å². The minimum absolute atomic E-state index is 0.0709. The van der Waals surface area contributed by atoms with Crippen molar-refractivity contribution in [2.45, 2.75) is 25.7 Å². The number of fused-ring (bicyclic) bond motifs is 14. The van der Waals surface area contributed by atoms with Crippen LogP contribution in [0.3, 0.4) is 0 Å². The molecule has 12 aromatic rings. The second-order valence-corrected chi connectivity index (χ2v) is 18.3. The van der Waals surface area contributed by atoms with Gasteiger partial charge in [0, 0.05) is 26.9 Å².